The number of ether oxygens (including phenoxy) is 1. The first-order chi connectivity index (χ1) is 15.3. The maximum atomic E-state index is 13.3. The zero-order valence-corrected chi connectivity index (χ0v) is 19.1. The molecule has 3 aromatic rings. The van der Waals surface area contributed by atoms with Gasteiger partial charge in [0.25, 0.3) is 0 Å². The molecule has 3 aromatic carbocycles. The third kappa shape index (κ3) is 5.85. The molecule has 2 N–H and O–H groups in total. The average Bonchev–Trinajstić information content (AvgIpc) is 2.76. The van der Waals surface area contributed by atoms with Gasteiger partial charge >= 0.3 is 5.97 Å². The zero-order valence-electron chi connectivity index (χ0n) is 18.2. The summed E-state index contributed by atoms with van der Waals surface area (Å²) in [6.07, 6.45) is 0.659. The molecule has 3 rings (SSSR count). The molecule has 0 spiro atoms. The second-order valence-corrected chi connectivity index (χ2v) is 9.62. The van der Waals surface area contributed by atoms with Crippen molar-refractivity contribution in [3.8, 4) is 5.75 Å². The Morgan fingerprint density at radius 3 is 2.56 bits per heavy atom. The Bertz CT molecular complexity index is 1190. The quantitative estimate of drug-likeness (QED) is 0.429. The molecule has 0 bridgehead atoms. The lowest BCUT2D eigenvalue weighted by Gasteiger charge is -2.19. The number of aryl methyl sites for hydroxylation is 1. The van der Waals surface area contributed by atoms with E-state index in [1.165, 1.54) is 4.31 Å². The number of carboxylic acids is 1. The van der Waals surface area contributed by atoms with Crippen molar-refractivity contribution in [1.29, 1.82) is 0 Å². The molecule has 0 saturated heterocycles. The monoisotopic (exact) mass is 456 g/mol. The summed E-state index contributed by atoms with van der Waals surface area (Å²) in [7, 11) is -2.12. The van der Waals surface area contributed by atoms with E-state index in [1.807, 2.05) is 55.5 Å². The molecule has 170 valence electrons. The van der Waals surface area contributed by atoms with E-state index < -0.39 is 16.0 Å². The lowest BCUT2D eigenvalue weighted by atomic mass is 10.1. The fraction of sp³-hybridized carbons (Fsp3) is 0.292. The van der Waals surface area contributed by atoms with Crippen molar-refractivity contribution < 1.29 is 23.1 Å². The number of benzene rings is 3. The minimum atomic E-state index is -3.69. The topological polar surface area (TPSA) is 95.9 Å². The van der Waals surface area contributed by atoms with E-state index in [2.05, 4.69) is 5.32 Å². The summed E-state index contributed by atoms with van der Waals surface area (Å²) in [5.41, 5.74) is 1.85. The number of sulfonamides is 1. The summed E-state index contributed by atoms with van der Waals surface area (Å²) in [6, 6.07) is 18.4. The second kappa shape index (κ2) is 10.6. The molecule has 0 aromatic heterocycles. The van der Waals surface area contributed by atoms with Crippen molar-refractivity contribution in [3.05, 3.63) is 71.8 Å². The van der Waals surface area contributed by atoms with Crippen LogP contribution >= 0.6 is 0 Å². The Balaban J connectivity index is 1.67. The number of rotatable bonds is 11. The van der Waals surface area contributed by atoms with Gasteiger partial charge in [0.1, 0.15) is 5.75 Å². The maximum absolute atomic E-state index is 13.3. The lowest BCUT2D eigenvalue weighted by molar-refractivity contribution is -0.135. The number of carboxylic acid groups (broad SMARTS) is 1. The summed E-state index contributed by atoms with van der Waals surface area (Å²) in [5.74, 6) is -0.247. The van der Waals surface area contributed by atoms with Crippen LogP contribution in [0.3, 0.4) is 0 Å². The first-order valence-electron chi connectivity index (χ1n) is 10.4. The summed E-state index contributed by atoms with van der Waals surface area (Å²) < 4.78 is 33.7. The predicted octanol–water partition coefficient (Wildman–Crippen LogP) is 3.41. The van der Waals surface area contributed by atoms with Gasteiger partial charge in [-0.2, -0.15) is 4.31 Å². The summed E-state index contributed by atoms with van der Waals surface area (Å²) in [5, 5.41) is 13.0. The molecule has 0 aliphatic carbocycles. The largest absolute Gasteiger partial charge is 0.494 e. The van der Waals surface area contributed by atoms with E-state index in [4.69, 9.17) is 9.84 Å². The van der Waals surface area contributed by atoms with Crippen LogP contribution in [0.25, 0.3) is 10.8 Å². The highest BCUT2D eigenvalue weighted by Crippen LogP contribution is 2.28. The van der Waals surface area contributed by atoms with E-state index in [-0.39, 0.29) is 13.1 Å². The number of hydrogen-bond acceptors (Lipinski definition) is 5. The Kier molecular flexibility index (Phi) is 7.84. The molecular formula is C24H28N2O5S. The number of aliphatic carboxylic acids is 1. The SMILES string of the molecule is Cc1cccc2c(S(=O)(=O)N(C)Cc3cccc(OCCCNCC(=O)O)c3)cccc12. The number of fused-ring (bicyclic) bond motifs is 1. The minimum Gasteiger partial charge on any atom is -0.494 e. The molecule has 8 heteroatoms. The highest BCUT2D eigenvalue weighted by Gasteiger charge is 2.23. The highest BCUT2D eigenvalue weighted by atomic mass is 32.2. The van der Waals surface area contributed by atoms with Gasteiger partial charge in [0.2, 0.25) is 10.0 Å². The molecule has 0 radical (unpaired) electrons. The third-order valence-corrected chi connectivity index (χ3v) is 7.00. The maximum Gasteiger partial charge on any atom is 0.317 e. The molecule has 32 heavy (non-hydrogen) atoms. The third-order valence-electron chi connectivity index (χ3n) is 5.13. The summed E-state index contributed by atoms with van der Waals surface area (Å²) in [6.45, 7) is 3.07. The first kappa shape index (κ1) is 23.7. The molecule has 7 nitrogen and oxygen atoms in total. The smallest absolute Gasteiger partial charge is 0.317 e. The van der Waals surface area contributed by atoms with Gasteiger partial charge in [0.05, 0.1) is 18.0 Å². The predicted molar refractivity (Wildman–Crippen MR) is 124 cm³/mol. The normalized spacial score (nSPS) is 11.7. The average molecular weight is 457 g/mol. The van der Waals surface area contributed by atoms with Crippen LogP contribution < -0.4 is 10.1 Å². The van der Waals surface area contributed by atoms with Crippen molar-refractivity contribution >= 4 is 26.8 Å². The Labute approximate surface area is 188 Å². The van der Waals surface area contributed by atoms with Crippen LogP contribution in [0.1, 0.15) is 17.5 Å². The molecule has 0 aliphatic rings. The van der Waals surface area contributed by atoms with E-state index in [9.17, 15) is 13.2 Å². The Morgan fingerprint density at radius 2 is 1.78 bits per heavy atom. The molecular weight excluding hydrogens is 428 g/mol. The Morgan fingerprint density at radius 1 is 1.06 bits per heavy atom. The van der Waals surface area contributed by atoms with Gasteiger partial charge in [-0.25, -0.2) is 8.42 Å². The number of nitrogens with one attached hydrogen (secondary N) is 1. The van der Waals surface area contributed by atoms with Crippen LogP contribution in [0.5, 0.6) is 5.75 Å². The highest BCUT2D eigenvalue weighted by molar-refractivity contribution is 7.89. The van der Waals surface area contributed by atoms with Crippen LogP contribution in [0.4, 0.5) is 0 Å². The van der Waals surface area contributed by atoms with Crippen molar-refractivity contribution in [3.63, 3.8) is 0 Å². The summed E-state index contributed by atoms with van der Waals surface area (Å²) >= 11 is 0. The van der Waals surface area contributed by atoms with Gasteiger partial charge in [0.15, 0.2) is 0 Å². The number of carbonyl (C=O) groups is 1. The van der Waals surface area contributed by atoms with Gasteiger partial charge in [-0.3, -0.25) is 4.79 Å². The number of hydrogen-bond donors (Lipinski definition) is 2. The molecule has 0 heterocycles. The fourth-order valence-electron chi connectivity index (χ4n) is 3.49. The van der Waals surface area contributed by atoms with Crippen molar-refractivity contribution in [2.75, 3.05) is 26.7 Å². The summed E-state index contributed by atoms with van der Waals surface area (Å²) in [4.78, 5) is 10.8. The molecule has 0 fully saturated rings. The standard InChI is InChI=1S/C24H28N2O5S/c1-18-7-3-11-22-21(18)10-5-12-23(22)32(29,30)26(2)17-19-8-4-9-20(15-19)31-14-6-13-25-16-24(27)28/h3-5,7-12,15,25H,6,13-14,16-17H2,1-2H3,(H,27,28). The molecule has 0 amide bonds. The van der Waals surface area contributed by atoms with E-state index in [0.717, 1.165) is 16.5 Å². The number of nitrogens with zero attached hydrogens (tertiary/aromatic N) is 1. The minimum absolute atomic E-state index is 0.0768. The molecule has 0 unspecified atom stereocenters. The van der Waals surface area contributed by atoms with Crippen LogP contribution in [0.15, 0.2) is 65.6 Å². The van der Waals surface area contributed by atoms with Crippen LogP contribution in [-0.2, 0) is 21.4 Å². The van der Waals surface area contributed by atoms with E-state index >= 15 is 0 Å². The van der Waals surface area contributed by atoms with Gasteiger partial charge < -0.3 is 15.2 Å². The van der Waals surface area contributed by atoms with Crippen LogP contribution in [-0.4, -0.2) is 50.5 Å². The van der Waals surface area contributed by atoms with Crippen LogP contribution in [0.2, 0.25) is 0 Å². The van der Waals surface area contributed by atoms with E-state index in [0.29, 0.717) is 35.6 Å². The molecule has 0 aliphatic heterocycles. The van der Waals surface area contributed by atoms with Gasteiger partial charge in [0, 0.05) is 19.0 Å². The fourth-order valence-corrected chi connectivity index (χ4v) is 4.85. The van der Waals surface area contributed by atoms with Crippen molar-refractivity contribution in [2.45, 2.75) is 24.8 Å². The van der Waals surface area contributed by atoms with Gasteiger partial charge in [-0.1, -0.05) is 42.5 Å². The Hall–Kier alpha value is -2.94. The second-order valence-electron chi connectivity index (χ2n) is 7.61. The first-order valence-corrected chi connectivity index (χ1v) is 11.8. The van der Waals surface area contributed by atoms with Crippen LogP contribution in [0, 0.1) is 6.92 Å². The molecule has 0 atom stereocenters. The van der Waals surface area contributed by atoms with Crippen molar-refractivity contribution in [2.24, 2.45) is 0 Å². The van der Waals surface area contributed by atoms with Crippen molar-refractivity contribution in [1.82, 2.24) is 9.62 Å². The lowest BCUT2D eigenvalue weighted by Crippen LogP contribution is -2.26. The molecule has 0 saturated carbocycles. The zero-order chi connectivity index (χ0) is 23.1. The van der Waals surface area contributed by atoms with Gasteiger partial charge in [-0.05, 0) is 54.6 Å². The van der Waals surface area contributed by atoms with E-state index in [1.54, 1.807) is 19.2 Å². The van der Waals surface area contributed by atoms with Gasteiger partial charge in [-0.15, -0.1) is 0 Å².